The Bertz CT molecular complexity index is 1250. The molecule has 2 heterocycles. The molecule has 10 heteroatoms. The van der Waals surface area contributed by atoms with Crippen LogP contribution in [-0.4, -0.2) is 69.4 Å². The second kappa shape index (κ2) is 11.3. The number of fused-ring (bicyclic) bond motifs is 1. The van der Waals surface area contributed by atoms with Crippen molar-refractivity contribution in [3.05, 3.63) is 52.5 Å². The van der Waals surface area contributed by atoms with Crippen LogP contribution in [0.25, 0.3) is 10.2 Å². The van der Waals surface area contributed by atoms with E-state index in [9.17, 15) is 13.2 Å². The largest absolute Gasteiger partial charge is 0.379 e. The summed E-state index contributed by atoms with van der Waals surface area (Å²) in [7, 11) is -3.61. The van der Waals surface area contributed by atoms with Gasteiger partial charge >= 0.3 is 0 Å². The molecule has 1 aromatic heterocycles. The molecule has 1 aliphatic heterocycles. The minimum Gasteiger partial charge on any atom is -0.379 e. The fraction of sp³-hybridized carbons (Fsp3) is 0.440. The number of ether oxygens (including phenoxy) is 1. The number of carbonyl (C=O) groups excluding carboxylic acids is 1. The van der Waals surface area contributed by atoms with E-state index in [4.69, 9.17) is 21.3 Å². The molecule has 3 aromatic rings. The highest BCUT2D eigenvalue weighted by Gasteiger charge is 2.24. The van der Waals surface area contributed by atoms with Crippen molar-refractivity contribution in [3.8, 4) is 0 Å². The van der Waals surface area contributed by atoms with Crippen LogP contribution in [0.5, 0.6) is 0 Å². The van der Waals surface area contributed by atoms with Crippen molar-refractivity contribution in [1.82, 2.24) is 9.88 Å². The monoisotopic (exact) mass is 535 g/mol. The lowest BCUT2D eigenvalue weighted by atomic mass is 10.1. The van der Waals surface area contributed by atoms with Gasteiger partial charge in [-0.3, -0.25) is 14.6 Å². The van der Waals surface area contributed by atoms with Gasteiger partial charge in [0.05, 0.1) is 34.1 Å². The Kier molecular flexibility index (Phi) is 8.44. The van der Waals surface area contributed by atoms with E-state index in [-0.39, 0.29) is 23.0 Å². The molecule has 7 nitrogen and oxygen atoms in total. The van der Waals surface area contributed by atoms with E-state index >= 15 is 0 Å². The quantitative estimate of drug-likeness (QED) is 0.402. The van der Waals surface area contributed by atoms with Gasteiger partial charge < -0.3 is 4.74 Å². The standard InChI is InChI=1S/C25H30ClN3O4S2/c1-18-16-22-23(17-19(18)2)34-25(27-22)29(10-3-9-28-11-13-33-14-12-28)24(30)8-15-35(31,32)21-6-4-20(26)5-7-21/h4-7,16-17H,3,8-15H2,1-2H3. The molecule has 0 saturated carbocycles. The highest BCUT2D eigenvalue weighted by molar-refractivity contribution is 7.91. The van der Waals surface area contributed by atoms with Crippen molar-refractivity contribution in [2.24, 2.45) is 0 Å². The first-order valence-electron chi connectivity index (χ1n) is 11.7. The number of hydrogen-bond acceptors (Lipinski definition) is 7. The number of anilines is 1. The fourth-order valence-electron chi connectivity index (χ4n) is 4.00. The van der Waals surface area contributed by atoms with Gasteiger partial charge in [0.15, 0.2) is 15.0 Å². The molecule has 0 bridgehead atoms. The van der Waals surface area contributed by atoms with Crippen LogP contribution in [0, 0.1) is 13.8 Å². The predicted molar refractivity (Wildman–Crippen MR) is 141 cm³/mol. The number of morpholine rings is 1. The molecular weight excluding hydrogens is 506 g/mol. The van der Waals surface area contributed by atoms with Crippen LogP contribution in [0.15, 0.2) is 41.3 Å². The summed E-state index contributed by atoms with van der Waals surface area (Å²) in [4.78, 5) is 22.2. The van der Waals surface area contributed by atoms with Crippen LogP contribution in [0.4, 0.5) is 5.13 Å². The number of benzene rings is 2. The van der Waals surface area contributed by atoms with Gasteiger partial charge in [0.2, 0.25) is 5.91 Å². The topological polar surface area (TPSA) is 79.8 Å². The van der Waals surface area contributed by atoms with Crippen molar-refractivity contribution >= 4 is 54.0 Å². The van der Waals surface area contributed by atoms with Crippen LogP contribution in [0.1, 0.15) is 24.0 Å². The molecule has 35 heavy (non-hydrogen) atoms. The Morgan fingerprint density at radius 3 is 2.54 bits per heavy atom. The molecule has 1 saturated heterocycles. The third-order valence-corrected chi connectivity index (χ3v) is 9.27. The van der Waals surface area contributed by atoms with Crippen LogP contribution in [0.2, 0.25) is 5.02 Å². The number of halogens is 1. The molecule has 1 aliphatic rings. The summed E-state index contributed by atoms with van der Waals surface area (Å²) >= 11 is 7.35. The van der Waals surface area contributed by atoms with E-state index in [1.807, 2.05) is 13.0 Å². The summed E-state index contributed by atoms with van der Waals surface area (Å²) in [6.45, 7) is 8.64. The number of amides is 1. The van der Waals surface area contributed by atoms with Gasteiger partial charge in [-0.05, 0) is 67.8 Å². The van der Waals surface area contributed by atoms with E-state index < -0.39 is 9.84 Å². The minimum atomic E-state index is -3.61. The van der Waals surface area contributed by atoms with Gasteiger partial charge in [0, 0.05) is 37.6 Å². The number of rotatable bonds is 9. The zero-order chi connectivity index (χ0) is 25.0. The summed E-state index contributed by atoms with van der Waals surface area (Å²) in [6, 6.07) is 10.2. The molecule has 1 amide bonds. The van der Waals surface area contributed by atoms with Crippen LogP contribution >= 0.6 is 22.9 Å². The summed E-state index contributed by atoms with van der Waals surface area (Å²) in [5.74, 6) is -0.506. The Labute approximate surface area is 215 Å². The molecule has 0 aliphatic carbocycles. The lowest BCUT2D eigenvalue weighted by Crippen LogP contribution is -2.39. The zero-order valence-corrected chi connectivity index (χ0v) is 22.4. The van der Waals surface area contributed by atoms with E-state index in [0.29, 0.717) is 16.7 Å². The van der Waals surface area contributed by atoms with Crippen molar-refractivity contribution in [3.63, 3.8) is 0 Å². The van der Waals surface area contributed by atoms with E-state index in [1.165, 1.54) is 29.0 Å². The number of aryl methyl sites for hydroxylation is 2. The molecule has 0 radical (unpaired) electrons. The molecule has 0 N–H and O–H groups in total. The third kappa shape index (κ3) is 6.59. The SMILES string of the molecule is Cc1cc2nc(N(CCCN3CCOCC3)C(=O)CCS(=O)(=O)c3ccc(Cl)cc3)sc2cc1C. The first kappa shape index (κ1) is 26.0. The summed E-state index contributed by atoms with van der Waals surface area (Å²) < 4.78 is 32.0. The molecule has 4 rings (SSSR count). The Morgan fingerprint density at radius 1 is 1.14 bits per heavy atom. The first-order valence-corrected chi connectivity index (χ1v) is 14.5. The average Bonchev–Trinajstić information content (AvgIpc) is 3.23. The summed E-state index contributed by atoms with van der Waals surface area (Å²) in [5.41, 5.74) is 3.17. The van der Waals surface area contributed by atoms with E-state index in [0.717, 1.165) is 55.0 Å². The summed E-state index contributed by atoms with van der Waals surface area (Å²) in [6.07, 6.45) is 0.653. The molecule has 0 unspecified atom stereocenters. The predicted octanol–water partition coefficient (Wildman–Crippen LogP) is 4.49. The number of nitrogens with zero attached hydrogens (tertiary/aromatic N) is 3. The van der Waals surface area contributed by atoms with Crippen LogP contribution < -0.4 is 4.90 Å². The molecule has 1 fully saturated rings. The van der Waals surface area contributed by atoms with Crippen LogP contribution in [0.3, 0.4) is 0 Å². The number of carbonyl (C=O) groups is 1. The number of sulfone groups is 1. The molecular formula is C25H30ClN3O4S2. The van der Waals surface area contributed by atoms with Crippen molar-refractivity contribution < 1.29 is 17.9 Å². The highest BCUT2D eigenvalue weighted by atomic mass is 35.5. The maximum atomic E-state index is 13.3. The molecule has 2 aromatic carbocycles. The number of aromatic nitrogens is 1. The van der Waals surface area contributed by atoms with E-state index in [1.54, 1.807) is 17.0 Å². The number of thiazole rings is 1. The van der Waals surface area contributed by atoms with Crippen LogP contribution in [-0.2, 0) is 19.4 Å². The zero-order valence-electron chi connectivity index (χ0n) is 20.0. The molecule has 0 spiro atoms. The maximum Gasteiger partial charge on any atom is 0.229 e. The van der Waals surface area contributed by atoms with Gasteiger partial charge in [-0.15, -0.1) is 0 Å². The second-order valence-corrected chi connectivity index (χ2v) is 12.3. The lowest BCUT2D eigenvalue weighted by molar-refractivity contribution is -0.118. The van der Waals surface area contributed by atoms with E-state index in [2.05, 4.69) is 17.9 Å². The van der Waals surface area contributed by atoms with Gasteiger partial charge in [-0.25, -0.2) is 13.4 Å². The van der Waals surface area contributed by atoms with Gasteiger partial charge in [-0.1, -0.05) is 22.9 Å². The maximum absolute atomic E-state index is 13.3. The Hall–Kier alpha value is -2.04. The lowest BCUT2D eigenvalue weighted by Gasteiger charge is -2.27. The third-order valence-electron chi connectivity index (χ3n) is 6.24. The smallest absolute Gasteiger partial charge is 0.229 e. The highest BCUT2D eigenvalue weighted by Crippen LogP contribution is 2.31. The number of hydrogen-bond donors (Lipinski definition) is 0. The van der Waals surface area contributed by atoms with Gasteiger partial charge in [0.1, 0.15) is 0 Å². The average molecular weight is 536 g/mol. The van der Waals surface area contributed by atoms with Gasteiger partial charge in [0.25, 0.3) is 0 Å². The Morgan fingerprint density at radius 2 is 1.83 bits per heavy atom. The minimum absolute atomic E-state index is 0.115. The normalized spacial score (nSPS) is 14.9. The molecule has 188 valence electrons. The van der Waals surface area contributed by atoms with Gasteiger partial charge in [-0.2, -0.15) is 0 Å². The first-order chi connectivity index (χ1) is 16.7. The fourth-order valence-corrected chi connectivity index (χ4v) is 6.45. The second-order valence-electron chi connectivity index (χ2n) is 8.78. The Balaban J connectivity index is 1.50. The van der Waals surface area contributed by atoms with Crippen molar-refractivity contribution in [2.75, 3.05) is 50.0 Å². The summed E-state index contributed by atoms with van der Waals surface area (Å²) in [5, 5.41) is 1.08. The van der Waals surface area contributed by atoms with Crippen molar-refractivity contribution in [2.45, 2.75) is 31.6 Å². The molecule has 0 atom stereocenters. The van der Waals surface area contributed by atoms with Crippen molar-refractivity contribution in [1.29, 1.82) is 0 Å².